The molecule has 0 spiro atoms. The van der Waals surface area contributed by atoms with Crippen LogP contribution in [0, 0.1) is 20.5 Å². The van der Waals surface area contributed by atoms with Crippen LogP contribution in [0.3, 0.4) is 0 Å². The van der Waals surface area contributed by atoms with E-state index in [2.05, 4.69) is 42.7 Å². The Hall–Kier alpha value is -0.216. The second-order valence-corrected chi connectivity index (χ2v) is 7.43. The number of hydrogen-bond acceptors (Lipinski definition) is 12. The third-order valence-corrected chi connectivity index (χ3v) is 3.51. The van der Waals surface area contributed by atoms with Gasteiger partial charge in [-0.25, -0.2) is 37.3 Å². The van der Waals surface area contributed by atoms with Gasteiger partial charge in [0.25, 0.3) is 0 Å². The first kappa shape index (κ1) is 32.0. The van der Waals surface area contributed by atoms with Gasteiger partial charge < -0.3 is 15.4 Å². The Balaban J connectivity index is 0. The summed E-state index contributed by atoms with van der Waals surface area (Å²) in [5.41, 5.74) is 2.23. The summed E-state index contributed by atoms with van der Waals surface area (Å²) in [6.07, 6.45) is 2.10. The predicted molar refractivity (Wildman–Crippen MR) is 77.1 cm³/mol. The molecule has 1 aliphatic rings. The van der Waals surface area contributed by atoms with E-state index < -0.39 is 20.5 Å². The number of pyridine rings is 1. The van der Waals surface area contributed by atoms with Crippen LogP contribution in [0.4, 0.5) is 0 Å². The zero-order valence-electron chi connectivity index (χ0n) is 16.3. The van der Waals surface area contributed by atoms with E-state index in [4.69, 9.17) is 47.0 Å². The van der Waals surface area contributed by atoms with Gasteiger partial charge in [0.05, 0.1) is 11.4 Å². The molecule has 15 heteroatoms. The van der Waals surface area contributed by atoms with Crippen molar-refractivity contribution in [3.8, 4) is 0 Å². The molecule has 2 heterocycles. The zero-order chi connectivity index (χ0) is 22.5. The largest absolute Gasteiger partial charge is 2.00 e. The first-order valence-electron chi connectivity index (χ1n) is 8.52. The molecule has 1 aromatic heterocycles. The van der Waals surface area contributed by atoms with Crippen LogP contribution in [0.1, 0.15) is 50.2 Å². The molecule has 178 valence electrons. The maximum absolute atomic E-state index is 8.49. The van der Waals surface area contributed by atoms with Crippen LogP contribution in [0.2, 0.25) is 0 Å². The molecule has 2 rings (SSSR count). The van der Waals surface area contributed by atoms with Crippen molar-refractivity contribution < 1.29 is 79.0 Å². The second-order valence-electron chi connectivity index (χ2n) is 5.91. The zero-order valence-corrected chi connectivity index (χ0v) is 18.8. The fourth-order valence-electron chi connectivity index (χ4n) is 2.25. The normalized spacial score (nSPS) is 20.9. The van der Waals surface area contributed by atoms with E-state index in [1.165, 1.54) is 0 Å². The standard InChI is InChI=1S/C15H25N3O.2ClHO4.Ni/c1-12-14-6-3-7-15(18-14)13(2)17-9-5-11-19-10-4-8-16-12;2*2-1(3,4)5;/h3,6-7,12-13,16-17H,4-5,8-11H2,1-2H3;2*(H,2,3,4,5);/q;;;+2/p-2. The third-order valence-electron chi connectivity index (χ3n) is 3.51. The summed E-state index contributed by atoms with van der Waals surface area (Å²) < 4.78 is 73.5. The minimum atomic E-state index is -4.94. The minimum absolute atomic E-state index is 0. The molecule has 2 N–H and O–H groups in total. The monoisotopic (exact) mass is 519 g/mol. The summed E-state index contributed by atoms with van der Waals surface area (Å²) in [6, 6.07) is 6.86. The Labute approximate surface area is 189 Å². The van der Waals surface area contributed by atoms with Crippen molar-refractivity contribution in [2.75, 3.05) is 26.3 Å². The Kier molecular flexibility index (Phi) is 17.5. The molecule has 12 nitrogen and oxygen atoms in total. The molecule has 0 radical (unpaired) electrons. The van der Waals surface area contributed by atoms with Gasteiger partial charge in [0.15, 0.2) is 0 Å². The first-order chi connectivity index (χ1) is 13.3. The van der Waals surface area contributed by atoms with E-state index in [9.17, 15) is 0 Å². The van der Waals surface area contributed by atoms with Crippen molar-refractivity contribution in [3.63, 3.8) is 0 Å². The quantitative estimate of drug-likeness (QED) is 0.304. The maximum atomic E-state index is 8.49. The van der Waals surface area contributed by atoms with Crippen LogP contribution >= 0.6 is 0 Å². The average molecular weight is 521 g/mol. The smallest absolute Gasteiger partial charge is 0.381 e. The van der Waals surface area contributed by atoms with Gasteiger partial charge in [0.1, 0.15) is 0 Å². The first-order valence-corrected chi connectivity index (χ1v) is 11.0. The molecule has 0 amide bonds. The average Bonchev–Trinajstić information content (AvgIpc) is 2.56. The molecule has 0 saturated carbocycles. The SMILES string of the molecule is CC1NCCCOCCCNC(C)c2cccc1n2.[Ni+2].[O-][Cl+3]([O-])([O-])[O-].[O-][Cl+3]([O-])([O-])[O-]. The molecule has 1 aromatic rings. The number of nitrogens with one attached hydrogen (secondary N) is 2. The van der Waals surface area contributed by atoms with Crippen molar-refractivity contribution in [1.29, 1.82) is 0 Å². The fourth-order valence-corrected chi connectivity index (χ4v) is 2.25. The van der Waals surface area contributed by atoms with Gasteiger partial charge in [-0.2, -0.15) is 0 Å². The van der Waals surface area contributed by atoms with Crippen molar-refractivity contribution in [2.45, 2.75) is 38.8 Å². The van der Waals surface area contributed by atoms with Crippen LogP contribution in [0.15, 0.2) is 18.2 Å². The van der Waals surface area contributed by atoms with Gasteiger partial charge in [-0.3, -0.25) is 4.98 Å². The van der Waals surface area contributed by atoms with Crippen molar-refractivity contribution >= 4 is 0 Å². The fraction of sp³-hybridized carbons (Fsp3) is 0.667. The minimum Gasteiger partial charge on any atom is -0.381 e. The van der Waals surface area contributed by atoms with Crippen LogP contribution in [0.5, 0.6) is 0 Å². The van der Waals surface area contributed by atoms with E-state index >= 15 is 0 Å². The van der Waals surface area contributed by atoms with Crippen LogP contribution < -0.4 is 47.9 Å². The number of nitrogens with zero attached hydrogens (tertiary/aromatic N) is 1. The molecular formula is C15H25Cl2N3NiO9. The number of ether oxygens (including phenoxy) is 1. The Morgan fingerprint density at radius 3 is 1.47 bits per heavy atom. The molecular weight excluding hydrogens is 496 g/mol. The van der Waals surface area contributed by atoms with Crippen LogP contribution in [0.25, 0.3) is 0 Å². The summed E-state index contributed by atoms with van der Waals surface area (Å²) in [6.45, 7) is 7.95. The third kappa shape index (κ3) is 22.5. The number of rotatable bonds is 0. The van der Waals surface area contributed by atoms with Crippen molar-refractivity contribution in [1.82, 2.24) is 15.6 Å². The van der Waals surface area contributed by atoms with E-state index in [1.807, 2.05) is 0 Å². The van der Waals surface area contributed by atoms with Crippen molar-refractivity contribution in [3.05, 3.63) is 29.6 Å². The van der Waals surface area contributed by atoms with E-state index in [-0.39, 0.29) is 28.6 Å². The van der Waals surface area contributed by atoms with Gasteiger partial charge in [-0.1, -0.05) is 6.07 Å². The van der Waals surface area contributed by atoms with Crippen LogP contribution in [-0.2, 0) is 21.2 Å². The van der Waals surface area contributed by atoms with Crippen LogP contribution in [-0.4, -0.2) is 31.3 Å². The van der Waals surface area contributed by atoms with Gasteiger partial charge in [-0.15, -0.1) is 20.5 Å². The second kappa shape index (κ2) is 16.4. The molecule has 2 unspecified atom stereocenters. The predicted octanol–water partition coefficient (Wildman–Crippen LogP) is -7.32. The summed E-state index contributed by atoms with van der Waals surface area (Å²) in [5.74, 6) is 0. The Bertz CT molecular complexity index is 510. The molecule has 0 aromatic carbocycles. The van der Waals surface area contributed by atoms with Gasteiger partial charge in [-0.05, 0) is 51.9 Å². The Morgan fingerprint density at radius 1 is 0.800 bits per heavy atom. The topological polar surface area (TPSA) is 231 Å². The summed E-state index contributed by atoms with van der Waals surface area (Å²) in [4.78, 5) is 4.77. The molecule has 1 aliphatic heterocycles. The van der Waals surface area contributed by atoms with E-state index in [0.717, 1.165) is 50.5 Å². The van der Waals surface area contributed by atoms with Gasteiger partial charge in [0, 0.05) is 25.3 Å². The molecule has 0 fully saturated rings. The number of aromatic nitrogens is 1. The molecule has 2 bridgehead atoms. The number of halogens is 2. The summed E-state index contributed by atoms with van der Waals surface area (Å²) in [5, 5.41) is 6.99. The van der Waals surface area contributed by atoms with Gasteiger partial charge in [0.2, 0.25) is 0 Å². The molecule has 0 saturated heterocycles. The summed E-state index contributed by atoms with van der Waals surface area (Å²) >= 11 is 0. The summed E-state index contributed by atoms with van der Waals surface area (Å²) in [7, 11) is -9.89. The van der Waals surface area contributed by atoms with Crippen molar-refractivity contribution in [2.24, 2.45) is 0 Å². The van der Waals surface area contributed by atoms with E-state index in [0.29, 0.717) is 0 Å². The molecule has 2 atom stereocenters. The maximum Gasteiger partial charge on any atom is 2.00 e. The van der Waals surface area contributed by atoms with E-state index in [1.54, 1.807) is 0 Å². The number of hydrogen-bond donors (Lipinski definition) is 2. The number of fused-ring (bicyclic) bond motifs is 2. The van der Waals surface area contributed by atoms with Gasteiger partial charge >= 0.3 is 16.5 Å². The Morgan fingerprint density at radius 2 is 1.13 bits per heavy atom. The molecule has 30 heavy (non-hydrogen) atoms. The molecule has 0 aliphatic carbocycles.